The van der Waals surface area contributed by atoms with Gasteiger partial charge >= 0.3 is 0 Å². The summed E-state index contributed by atoms with van der Waals surface area (Å²) in [4.78, 5) is 2.02. The van der Waals surface area contributed by atoms with Crippen molar-refractivity contribution < 1.29 is 4.39 Å². The van der Waals surface area contributed by atoms with Crippen molar-refractivity contribution in [1.82, 2.24) is 9.59 Å². The highest BCUT2D eigenvalue weighted by molar-refractivity contribution is 7.16. The summed E-state index contributed by atoms with van der Waals surface area (Å²) in [6.07, 6.45) is 2.04. The van der Waals surface area contributed by atoms with Gasteiger partial charge < -0.3 is 0 Å². The zero-order valence-electron chi connectivity index (χ0n) is 16.5. The van der Waals surface area contributed by atoms with E-state index in [1.165, 1.54) is 22.7 Å². The second-order valence-electron chi connectivity index (χ2n) is 8.07. The number of rotatable bonds is 6. The van der Waals surface area contributed by atoms with Crippen molar-refractivity contribution in [3.63, 3.8) is 0 Å². The number of hydrogen-bond donors (Lipinski definition) is 0. The summed E-state index contributed by atoms with van der Waals surface area (Å²) in [5.41, 5.74) is 4.86. The summed E-state index contributed by atoms with van der Waals surface area (Å²) >= 11 is 4.54. The van der Waals surface area contributed by atoms with Crippen molar-refractivity contribution in [2.24, 2.45) is 11.8 Å². The Morgan fingerprint density at radius 1 is 0.893 bits per heavy atom. The van der Waals surface area contributed by atoms with Crippen LogP contribution in [0.15, 0.2) is 29.0 Å². The molecule has 0 fully saturated rings. The quantitative estimate of drug-likeness (QED) is 0.313. The summed E-state index contributed by atoms with van der Waals surface area (Å²) in [6, 6.07) is 5.93. The predicted molar refractivity (Wildman–Crippen MR) is 121 cm³/mol. The molecule has 4 aromatic rings. The topological polar surface area (TPSA) is 25.8 Å². The van der Waals surface area contributed by atoms with E-state index >= 15 is 4.39 Å². The van der Waals surface area contributed by atoms with Gasteiger partial charge in [-0.05, 0) is 76.3 Å². The van der Waals surface area contributed by atoms with Crippen LogP contribution >= 0.6 is 34.2 Å². The summed E-state index contributed by atoms with van der Waals surface area (Å²) in [6.45, 7) is 8.82. The summed E-state index contributed by atoms with van der Waals surface area (Å²) in [5.74, 6) is 0.991. The number of nitrogens with zero attached hydrogens (tertiary/aromatic N) is 2. The molecule has 0 atom stereocenters. The van der Waals surface area contributed by atoms with Crippen molar-refractivity contribution in [2.45, 2.75) is 40.5 Å². The third-order valence-corrected chi connectivity index (χ3v) is 7.34. The van der Waals surface area contributed by atoms with Crippen molar-refractivity contribution >= 4 is 44.4 Å². The lowest BCUT2D eigenvalue weighted by atomic mass is 10.0. The summed E-state index contributed by atoms with van der Waals surface area (Å²) in [5, 5.41) is 8.67. The van der Waals surface area contributed by atoms with E-state index in [9.17, 15) is 0 Å². The average molecular weight is 431 g/mol. The second-order valence-corrected chi connectivity index (χ2v) is 10.6. The predicted octanol–water partition coefficient (Wildman–Crippen LogP) is 7.68. The molecule has 0 amide bonds. The first kappa shape index (κ1) is 19.7. The Labute approximate surface area is 177 Å². The molecule has 0 aliphatic heterocycles. The Kier molecular flexibility index (Phi) is 5.63. The highest BCUT2D eigenvalue weighted by atomic mass is 32.1. The van der Waals surface area contributed by atoms with Gasteiger partial charge in [0.2, 0.25) is 0 Å². The largest absolute Gasteiger partial charge is 0.206 e. The molecule has 0 N–H and O–H groups in total. The van der Waals surface area contributed by atoms with Crippen molar-refractivity contribution in [3.05, 3.63) is 45.9 Å². The van der Waals surface area contributed by atoms with E-state index in [2.05, 4.69) is 60.2 Å². The average Bonchev–Trinajstić information content (AvgIpc) is 3.34. The first-order valence-corrected chi connectivity index (χ1v) is 12.1. The van der Waals surface area contributed by atoms with Gasteiger partial charge in [0.15, 0.2) is 0 Å². The minimum Gasteiger partial charge on any atom is -0.206 e. The van der Waals surface area contributed by atoms with Gasteiger partial charge in [-0.2, -0.15) is 0 Å². The zero-order valence-corrected chi connectivity index (χ0v) is 18.9. The standard InChI is InChI=1S/C22H23FN2S3/c1-12(2)5-14-7-18(26-10-14)16-9-17(23)20(22-21(16)24-25-28-22)19-8-15(11-27-19)6-13(3)4/h7-13H,5-6H2,1-4H3. The Hall–Kier alpha value is -1.63. The first-order chi connectivity index (χ1) is 13.4. The number of fused-ring (bicyclic) bond motifs is 1. The van der Waals surface area contributed by atoms with Gasteiger partial charge in [0.05, 0.1) is 4.70 Å². The SMILES string of the molecule is CC(C)Cc1csc(-c2cc(F)c(-c3cc(CC(C)C)cs3)c3snnc23)c1. The van der Waals surface area contributed by atoms with E-state index in [0.29, 0.717) is 17.4 Å². The van der Waals surface area contributed by atoms with E-state index in [0.717, 1.165) is 38.4 Å². The van der Waals surface area contributed by atoms with Gasteiger partial charge in [-0.1, -0.05) is 32.2 Å². The van der Waals surface area contributed by atoms with Crippen LogP contribution < -0.4 is 0 Å². The fourth-order valence-corrected chi connectivity index (χ4v) is 6.23. The van der Waals surface area contributed by atoms with Gasteiger partial charge in [-0.3, -0.25) is 0 Å². The molecule has 0 aliphatic rings. The smallest absolute Gasteiger partial charge is 0.134 e. The highest BCUT2D eigenvalue weighted by Gasteiger charge is 2.20. The van der Waals surface area contributed by atoms with Gasteiger partial charge in [0.25, 0.3) is 0 Å². The Balaban J connectivity index is 1.79. The highest BCUT2D eigenvalue weighted by Crippen LogP contribution is 2.42. The molecule has 6 heteroatoms. The number of hydrogen-bond acceptors (Lipinski definition) is 5. The molecule has 4 rings (SSSR count). The third kappa shape index (κ3) is 3.91. The molecule has 1 aromatic carbocycles. The molecular formula is C22H23FN2S3. The van der Waals surface area contributed by atoms with Gasteiger partial charge in [0, 0.05) is 20.9 Å². The molecule has 0 spiro atoms. The van der Waals surface area contributed by atoms with Crippen molar-refractivity contribution in [1.29, 1.82) is 0 Å². The van der Waals surface area contributed by atoms with E-state index in [1.807, 2.05) is 0 Å². The lowest BCUT2D eigenvalue weighted by molar-refractivity contribution is 0.633. The molecule has 0 unspecified atom stereocenters. The van der Waals surface area contributed by atoms with Crippen LogP contribution in [0.25, 0.3) is 31.1 Å². The van der Waals surface area contributed by atoms with E-state index in [4.69, 9.17) is 0 Å². The minimum absolute atomic E-state index is 0.190. The fraction of sp³-hybridized carbons (Fsp3) is 0.364. The Morgan fingerprint density at radius 3 is 2.14 bits per heavy atom. The molecule has 146 valence electrons. The van der Waals surface area contributed by atoms with Gasteiger partial charge in [-0.25, -0.2) is 4.39 Å². The minimum atomic E-state index is -0.190. The number of benzene rings is 1. The maximum atomic E-state index is 15.3. The maximum Gasteiger partial charge on any atom is 0.134 e. The fourth-order valence-electron chi connectivity index (χ4n) is 3.50. The van der Waals surface area contributed by atoms with Crippen LogP contribution in [0.3, 0.4) is 0 Å². The van der Waals surface area contributed by atoms with Crippen LogP contribution in [0.5, 0.6) is 0 Å². The van der Waals surface area contributed by atoms with E-state index in [-0.39, 0.29) is 5.82 Å². The van der Waals surface area contributed by atoms with Crippen molar-refractivity contribution in [3.8, 4) is 20.9 Å². The van der Waals surface area contributed by atoms with E-state index in [1.54, 1.807) is 28.7 Å². The molecule has 0 bridgehead atoms. The number of halogens is 1. The Bertz CT molecular complexity index is 1100. The monoisotopic (exact) mass is 430 g/mol. The maximum absolute atomic E-state index is 15.3. The zero-order chi connectivity index (χ0) is 19.8. The third-order valence-electron chi connectivity index (χ3n) is 4.59. The molecule has 2 nitrogen and oxygen atoms in total. The lowest BCUT2D eigenvalue weighted by Crippen LogP contribution is -1.91. The second kappa shape index (κ2) is 8.01. The van der Waals surface area contributed by atoms with Crippen molar-refractivity contribution in [2.75, 3.05) is 0 Å². The van der Waals surface area contributed by atoms with Crippen LogP contribution in [-0.4, -0.2) is 9.59 Å². The van der Waals surface area contributed by atoms with Crippen LogP contribution in [0, 0.1) is 17.7 Å². The van der Waals surface area contributed by atoms with Crippen LogP contribution in [0.4, 0.5) is 4.39 Å². The van der Waals surface area contributed by atoms with Crippen LogP contribution in [0.1, 0.15) is 38.8 Å². The molecule has 3 heterocycles. The summed E-state index contributed by atoms with van der Waals surface area (Å²) in [7, 11) is 0. The summed E-state index contributed by atoms with van der Waals surface area (Å²) < 4.78 is 20.3. The molecule has 0 radical (unpaired) electrons. The first-order valence-electron chi connectivity index (χ1n) is 9.52. The molecule has 0 aliphatic carbocycles. The van der Waals surface area contributed by atoms with Gasteiger partial charge in [-0.15, -0.1) is 27.8 Å². The Morgan fingerprint density at radius 2 is 1.50 bits per heavy atom. The molecule has 0 saturated heterocycles. The normalized spacial score (nSPS) is 12.0. The lowest BCUT2D eigenvalue weighted by Gasteiger charge is -2.06. The number of aromatic nitrogens is 2. The van der Waals surface area contributed by atoms with Crippen LogP contribution in [-0.2, 0) is 12.8 Å². The van der Waals surface area contributed by atoms with E-state index < -0.39 is 0 Å². The molecule has 3 aromatic heterocycles. The molecular weight excluding hydrogens is 407 g/mol. The molecule has 28 heavy (non-hydrogen) atoms. The number of thiophene rings is 2. The molecule has 0 saturated carbocycles. The van der Waals surface area contributed by atoms with Gasteiger partial charge in [0.1, 0.15) is 11.3 Å². The van der Waals surface area contributed by atoms with Crippen LogP contribution in [0.2, 0.25) is 0 Å².